The summed E-state index contributed by atoms with van der Waals surface area (Å²) in [6.07, 6.45) is 7.52. The maximum absolute atomic E-state index is 5.22. The number of pyridine rings is 1. The van der Waals surface area contributed by atoms with Crippen LogP contribution < -0.4 is 4.74 Å². The van der Waals surface area contributed by atoms with Gasteiger partial charge in [-0.2, -0.15) is 11.8 Å². The number of nitrogens with zero attached hydrogens (tertiary/aromatic N) is 1. The zero-order chi connectivity index (χ0) is 12.8. The van der Waals surface area contributed by atoms with Crippen molar-refractivity contribution in [3.63, 3.8) is 0 Å². The van der Waals surface area contributed by atoms with Crippen molar-refractivity contribution in [3.8, 4) is 5.75 Å². The number of ether oxygens (including phenoxy) is 1. The van der Waals surface area contributed by atoms with Crippen molar-refractivity contribution >= 4 is 11.8 Å². The van der Waals surface area contributed by atoms with Crippen molar-refractivity contribution in [2.45, 2.75) is 38.4 Å². The Bertz CT molecular complexity index is 369. The molecule has 0 aromatic carbocycles. The molecule has 2 unspecified atom stereocenters. The first kappa shape index (κ1) is 13.7. The summed E-state index contributed by atoms with van der Waals surface area (Å²) in [6, 6.07) is 3.94. The van der Waals surface area contributed by atoms with E-state index in [0.717, 1.165) is 29.0 Å². The van der Waals surface area contributed by atoms with Crippen LogP contribution >= 0.6 is 11.8 Å². The van der Waals surface area contributed by atoms with Crippen LogP contribution in [0.25, 0.3) is 0 Å². The van der Waals surface area contributed by atoms with Crippen LogP contribution in [0.15, 0.2) is 18.3 Å². The van der Waals surface area contributed by atoms with Gasteiger partial charge in [-0.25, -0.2) is 0 Å². The van der Waals surface area contributed by atoms with Crippen LogP contribution in [0, 0.1) is 11.8 Å². The largest absolute Gasteiger partial charge is 0.497 e. The van der Waals surface area contributed by atoms with Crippen molar-refractivity contribution in [2.24, 2.45) is 11.8 Å². The Morgan fingerprint density at radius 3 is 3.00 bits per heavy atom. The number of hydrogen-bond acceptors (Lipinski definition) is 3. The van der Waals surface area contributed by atoms with E-state index in [0.29, 0.717) is 0 Å². The van der Waals surface area contributed by atoms with E-state index in [-0.39, 0.29) is 0 Å². The second kappa shape index (κ2) is 7.03. The minimum absolute atomic E-state index is 0.907. The third kappa shape index (κ3) is 3.91. The average Bonchev–Trinajstić information content (AvgIpc) is 2.41. The van der Waals surface area contributed by atoms with E-state index in [2.05, 4.69) is 11.9 Å². The first-order valence-corrected chi connectivity index (χ1v) is 8.01. The van der Waals surface area contributed by atoms with Gasteiger partial charge in [-0.05, 0) is 30.1 Å². The van der Waals surface area contributed by atoms with Crippen LogP contribution in [0.4, 0.5) is 0 Å². The monoisotopic (exact) mass is 265 g/mol. The highest BCUT2D eigenvalue weighted by Crippen LogP contribution is 2.32. The highest BCUT2D eigenvalue weighted by atomic mass is 32.2. The molecule has 1 aromatic heterocycles. The number of rotatable bonds is 5. The highest BCUT2D eigenvalue weighted by molar-refractivity contribution is 7.98. The molecule has 1 heterocycles. The van der Waals surface area contributed by atoms with Crippen LogP contribution in [-0.4, -0.2) is 17.8 Å². The van der Waals surface area contributed by atoms with Crippen LogP contribution in [0.3, 0.4) is 0 Å². The quantitative estimate of drug-likeness (QED) is 0.798. The van der Waals surface area contributed by atoms with E-state index in [1.165, 1.54) is 31.4 Å². The third-order valence-electron chi connectivity index (χ3n) is 3.89. The molecule has 2 nitrogen and oxygen atoms in total. The Balaban J connectivity index is 1.77. The summed E-state index contributed by atoms with van der Waals surface area (Å²) in [6.45, 7) is 2.41. The van der Waals surface area contributed by atoms with E-state index < -0.39 is 0 Å². The highest BCUT2D eigenvalue weighted by Gasteiger charge is 2.20. The molecule has 1 saturated carbocycles. The van der Waals surface area contributed by atoms with Gasteiger partial charge in [0.25, 0.3) is 0 Å². The molecule has 1 fully saturated rings. The van der Waals surface area contributed by atoms with E-state index in [4.69, 9.17) is 4.74 Å². The molecule has 2 rings (SSSR count). The Kier molecular flexibility index (Phi) is 5.36. The van der Waals surface area contributed by atoms with E-state index in [9.17, 15) is 0 Å². The number of thioether (sulfide) groups is 1. The molecule has 1 aliphatic carbocycles. The molecule has 1 aromatic rings. The molecule has 0 aliphatic heterocycles. The van der Waals surface area contributed by atoms with Gasteiger partial charge in [0.2, 0.25) is 0 Å². The molecular weight excluding hydrogens is 242 g/mol. The maximum atomic E-state index is 5.22. The Hall–Kier alpha value is -0.700. The van der Waals surface area contributed by atoms with Gasteiger partial charge in [-0.3, -0.25) is 4.98 Å². The summed E-state index contributed by atoms with van der Waals surface area (Å²) in [4.78, 5) is 4.39. The molecular formula is C15H23NOS. The van der Waals surface area contributed by atoms with Gasteiger partial charge in [-0.15, -0.1) is 0 Å². The molecule has 1 aliphatic rings. The van der Waals surface area contributed by atoms with Crippen molar-refractivity contribution < 1.29 is 4.74 Å². The van der Waals surface area contributed by atoms with Crippen molar-refractivity contribution in [3.05, 3.63) is 24.0 Å². The fourth-order valence-corrected chi connectivity index (χ4v) is 3.90. The predicted molar refractivity (Wildman–Crippen MR) is 78.1 cm³/mol. The fraction of sp³-hybridized carbons (Fsp3) is 0.667. The molecule has 0 N–H and O–H groups in total. The maximum Gasteiger partial charge on any atom is 0.122 e. The lowest BCUT2D eigenvalue weighted by Gasteiger charge is -2.28. The fourth-order valence-electron chi connectivity index (χ4n) is 2.62. The lowest BCUT2D eigenvalue weighted by atomic mass is 9.82. The Morgan fingerprint density at radius 1 is 1.39 bits per heavy atom. The number of hydrogen-bond donors (Lipinski definition) is 0. The lowest BCUT2D eigenvalue weighted by molar-refractivity contribution is 0.282. The van der Waals surface area contributed by atoms with Crippen LogP contribution in [-0.2, 0) is 5.75 Å². The third-order valence-corrected chi connectivity index (χ3v) is 5.06. The summed E-state index contributed by atoms with van der Waals surface area (Å²) < 4.78 is 5.22. The summed E-state index contributed by atoms with van der Waals surface area (Å²) in [5, 5.41) is 0. The van der Waals surface area contributed by atoms with E-state index in [1.54, 1.807) is 7.11 Å². The van der Waals surface area contributed by atoms with Crippen LogP contribution in [0.5, 0.6) is 5.75 Å². The summed E-state index contributed by atoms with van der Waals surface area (Å²) >= 11 is 2.02. The molecule has 2 atom stereocenters. The Morgan fingerprint density at radius 2 is 2.22 bits per heavy atom. The van der Waals surface area contributed by atoms with Crippen LogP contribution in [0.1, 0.15) is 38.3 Å². The molecule has 3 heteroatoms. The first-order chi connectivity index (χ1) is 8.79. The van der Waals surface area contributed by atoms with Gasteiger partial charge < -0.3 is 4.74 Å². The van der Waals surface area contributed by atoms with Gasteiger partial charge in [0, 0.05) is 18.0 Å². The molecule has 0 amide bonds. The molecule has 0 bridgehead atoms. The van der Waals surface area contributed by atoms with Crippen molar-refractivity contribution in [1.82, 2.24) is 4.98 Å². The summed E-state index contributed by atoms with van der Waals surface area (Å²) in [7, 11) is 1.70. The van der Waals surface area contributed by atoms with E-state index >= 15 is 0 Å². The minimum Gasteiger partial charge on any atom is -0.497 e. The zero-order valence-electron chi connectivity index (χ0n) is 11.4. The smallest absolute Gasteiger partial charge is 0.122 e. The molecule has 18 heavy (non-hydrogen) atoms. The Labute approximate surface area is 115 Å². The van der Waals surface area contributed by atoms with Gasteiger partial charge in [0.1, 0.15) is 5.75 Å². The average molecular weight is 265 g/mol. The zero-order valence-corrected chi connectivity index (χ0v) is 12.2. The predicted octanol–water partition coefficient (Wildman–Crippen LogP) is 4.15. The summed E-state index contributed by atoms with van der Waals surface area (Å²) in [5.74, 6) is 5.01. The second-order valence-electron chi connectivity index (χ2n) is 5.22. The van der Waals surface area contributed by atoms with E-state index in [1.807, 2.05) is 30.1 Å². The standard InChI is InChI=1S/C15H23NOS/c1-12-5-3-4-6-13(12)10-18-11-14-9-15(17-2)7-8-16-14/h7-9,12-13H,3-6,10-11H2,1-2H3. The SMILES string of the molecule is COc1ccnc(CSCC2CCCCC2C)c1. The van der Waals surface area contributed by atoms with Gasteiger partial charge in [-0.1, -0.05) is 26.2 Å². The lowest BCUT2D eigenvalue weighted by Crippen LogP contribution is -2.18. The van der Waals surface area contributed by atoms with Crippen molar-refractivity contribution in [2.75, 3.05) is 12.9 Å². The molecule has 0 saturated heterocycles. The number of aromatic nitrogens is 1. The second-order valence-corrected chi connectivity index (χ2v) is 6.25. The topological polar surface area (TPSA) is 22.1 Å². The van der Waals surface area contributed by atoms with Gasteiger partial charge in [0.15, 0.2) is 0 Å². The first-order valence-electron chi connectivity index (χ1n) is 6.86. The van der Waals surface area contributed by atoms with Gasteiger partial charge >= 0.3 is 0 Å². The molecule has 0 spiro atoms. The minimum atomic E-state index is 0.907. The normalized spacial score (nSPS) is 23.9. The van der Waals surface area contributed by atoms with Crippen molar-refractivity contribution in [1.29, 1.82) is 0 Å². The van der Waals surface area contributed by atoms with Crippen LogP contribution in [0.2, 0.25) is 0 Å². The molecule has 0 radical (unpaired) electrons. The number of methoxy groups -OCH3 is 1. The molecule has 100 valence electrons. The van der Waals surface area contributed by atoms with Gasteiger partial charge in [0.05, 0.1) is 12.8 Å². The summed E-state index contributed by atoms with van der Waals surface area (Å²) in [5.41, 5.74) is 1.13.